The number of hydrogen-bond donors (Lipinski definition) is 0. The van der Waals surface area contributed by atoms with Gasteiger partial charge in [-0.2, -0.15) is 14.9 Å². The van der Waals surface area contributed by atoms with Gasteiger partial charge >= 0.3 is 0 Å². The van der Waals surface area contributed by atoms with Crippen molar-refractivity contribution in [1.82, 2.24) is 24.7 Å². The van der Waals surface area contributed by atoms with Gasteiger partial charge in [-0.05, 0) is 19.9 Å². The minimum Gasteiger partial charge on any atom is -0.258 e. The van der Waals surface area contributed by atoms with Gasteiger partial charge in [-0.1, -0.05) is 12.1 Å². The van der Waals surface area contributed by atoms with Crippen LogP contribution in [-0.2, 0) is 0 Å². The van der Waals surface area contributed by atoms with Crippen molar-refractivity contribution in [3.05, 3.63) is 63.7 Å². The third-order valence-electron chi connectivity index (χ3n) is 3.12. The molecule has 3 rings (SSSR count). The number of hydrogen-bond acceptors (Lipinski definition) is 6. The molecule has 0 atom stereocenters. The Morgan fingerprint density at radius 3 is 2.83 bits per heavy atom. The fourth-order valence-electron chi connectivity index (χ4n) is 2.12. The number of benzene rings is 1. The smallest absolute Gasteiger partial charge is 0.258 e. The summed E-state index contributed by atoms with van der Waals surface area (Å²) in [6.45, 7) is 3.79. The molecule has 0 saturated carbocycles. The van der Waals surface area contributed by atoms with Crippen LogP contribution in [0.15, 0.2) is 41.8 Å². The molecule has 116 valence electrons. The minimum absolute atomic E-state index is 0.0106. The molecule has 0 radical (unpaired) electrons. The molecule has 2 aromatic heterocycles. The second-order valence-electron chi connectivity index (χ2n) is 4.91. The molecule has 0 amide bonds. The van der Waals surface area contributed by atoms with Crippen LogP contribution in [0.5, 0.6) is 0 Å². The van der Waals surface area contributed by atoms with Crippen molar-refractivity contribution in [3.8, 4) is 5.95 Å². The molecule has 1 aromatic carbocycles. The molecule has 2 heterocycles. The highest BCUT2D eigenvalue weighted by molar-refractivity contribution is 5.80. The molecule has 0 spiro atoms. The maximum Gasteiger partial charge on any atom is 0.273 e. The van der Waals surface area contributed by atoms with Gasteiger partial charge < -0.3 is 0 Å². The average molecular weight is 311 g/mol. The molecule has 0 N–H and O–H groups in total. The summed E-state index contributed by atoms with van der Waals surface area (Å²) in [5.74, 6) is 0.442. The van der Waals surface area contributed by atoms with Gasteiger partial charge in [0, 0.05) is 23.4 Å². The highest BCUT2D eigenvalue weighted by atomic mass is 16.6. The molecule has 0 aliphatic rings. The van der Waals surface area contributed by atoms with Crippen LogP contribution < -0.4 is 0 Å². The van der Waals surface area contributed by atoms with E-state index in [1.807, 2.05) is 19.9 Å². The highest BCUT2D eigenvalue weighted by Crippen LogP contribution is 2.12. The van der Waals surface area contributed by atoms with E-state index in [0.717, 1.165) is 11.4 Å². The quantitative estimate of drug-likeness (QED) is 0.415. The summed E-state index contributed by atoms with van der Waals surface area (Å²) < 4.78 is 3.09. The molecule has 3 aromatic rings. The molecule has 9 heteroatoms. The molecule has 9 nitrogen and oxygen atoms in total. The lowest BCUT2D eigenvalue weighted by atomic mass is 10.2. The second kappa shape index (κ2) is 5.79. The van der Waals surface area contributed by atoms with Crippen LogP contribution >= 0.6 is 0 Å². The van der Waals surface area contributed by atoms with E-state index in [1.54, 1.807) is 16.8 Å². The topological polar surface area (TPSA) is 104 Å². The molecule has 0 aliphatic heterocycles. The van der Waals surface area contributed by atoms with E-state index in [9.17, 15) is 10.1 Å². The molecule has 0 bridgehead atoms. The molecule has 0 aliphatic carbocycles. The van der Waals surface area contributed by atoms with Crippen LogP contribution in [0.25, 0.3) is 5.95 Å². The largest absolute Gasteiger partial charge is 0.273 e. The van der Waals surface area contributed by atoms with Gasteiger partial charge in [0.1, 0.15) is 6.33 Å². The lowest BCUT2D eigenvalue weighted by Gasteiger charge is -2.02. The summed E-state index contributed by atoms with van der Waals surface area (Å²) >= 11 is 0. The first-order chi connectivity index (χ1) is 11.0. The van der Waals surface area contributed by atoms with Crippen molar-refractivity contribution >= 4 is 11.9 Å². The van der Waals surface area contributed by atoms with Crippen molar-refractivity contribution in [2.75, 3.05) is 0 Å². The zero-order valence-corrected chi connectivity index (χ0v) is 12.5. The zero-order valence-electron chi connectivity index (χ0n) is 12.5. The SMILES string of the molecule is Cc1cc(C)n(-c2nncn2N=Cc2cccc([N+](=O)[O-])c2)n1. The van der Waals surface area contributed by atoms with Crippen molar-refractivity contribution in [2.24, 2.45) is 5.10 Å². The van der Waals surface area contributed by atoms with Gasteiger partial charge in [0.25, 0.3) is 11.6 Å². The molecular formula is C14H13N7O2. The van der Waals surface area contributed by atoms with Crippen molar-refractivity contribution in [2.45, 2.75) is 13.8 Å². The Balaban J connectivity index is 1.93. The Labute approximate surface area is 131 Å². The van der Waals surface area contributed by atoms with Crippen LogP contribution in [0.1, 0.15) is 17.0 Å². The number of nitrogens with zero attached hydrogens (tertiary/aromatic N) is 7. The van der Waals surface area contributed by atoms with Crippen LogP contribution in [0.3, 0.4) is 0 Å². The fraction of sp³-hybridized carbons (Fsp3) is 0.143. The van der Waals surface area contributed by atoms with Gasteiger partial charge in [-0.25, -0.2) is 4.68 Å². The van der Waals surface area contributed by atoms with Crippen LogP contribution in [0, 0.1) is 24.0 Å². The van der Waals surface area contributed by atoms with Crippen LogP contribution in [-0.4, -0.2) is 35.8 Å². The predicted molar refractivity (Wildman–Crippen MR) is 82.7 cm³/mol. The molecule has 0 unspecified atom stereocenters. The maximum atomic E-state index is 10.8. The van der Waals surface area contributed by atoms with Crippen molar-refractivity contribution in [1.29, 1.82) is 0 Å². The predicted octanol–water partition coefficient (Wildman–Crippen LogP) is 1.87. The van der Waals surface area contributed by atoms with E-state index >= 15 is 0 Å². The monoisotopic (exact) mass is 311 g/mol. The van der Waals surface area contributed by atoms with Crippen molar-refractivity contribution < 1.29 is 4.92 Å². The Morgan fingerprint density at radius 2 is 2.13 bits per heavy atom. The normalized spacial score (nSPS) is 11.2. The summed E-state index contributed by atoms with van der Waals surface area (Å²) in [5, 5.41) is 27.2. The minimum atomic E-state index is -0.447. The average Bonchev–Trinajstić information content (AvgIpc) is 3.11. The van der Waals surface area contributed by atoms with Gasteiger partial charge in [0.05, 0.1) is 16.8 Å². The van der Waals surface area contributed by atoms with E-state index < -0.39 is 4.92 Å². The van der Waals surface area contributed by atoms with Gasteiger partial charge in [0.15, 0.2) is 0 Å². The van der Waals surface area contributed by atoms with Crippen LogP contribution in [0.2, 0.25) is 0 Å². The lowest BCUT2D eigenvalue weighted by Crippen LogP contribution is -2.06. The highest BCUT2D eigenvalue weighted by Gasteiger charge is 2.10. The van der Waals surface area contributed by atoms with E-state index in [0.29, 0.717) is 11.5 Å². The number of nitro groups is 1. The van der Waals surface area contributed by atoms with Gasteiger partial charge in [-0.15, -0.1) is 10.2 Å². The third kappa shape index (κ3) is 2.98. The molecular weight excluding hydrogens is 298 g/mol. The Hall–Kier alpha value is -3.36. The first kappa shape index (κ1) is 14.6. The number of aryl methyl sites for hydroxylation is 2. The Kier molecular flexibility index (Phi) is 3.67. The summed E-state index contributed by atoms with van der Waals surface area (Å²) in [5.41, 5.74) is 2.38. The van der Waals surface area contributed by atoms with E-state index in [1.165, 1.54) is 29.4 Å². The van der Waals surface area contributed by atoms with E-state index in [4.69, 9.17) is 0 Å². The van der Waals surface area contributed by atoms with Gasteiger partial charge in [0.2, 0.25) is 0 Å². The molecule has 23 heavy (non-hydrogen) atoms. The summed E-state index contributed by atoms with van der Waals surface area (Å²) in [7, 11) is 0. The van der Waals surface area contributed by atoms with Crippen molar-refractivity contribution in [3.63, 3.8) is 0 Å². The number of aromatic nitrogens is 5. The van der Waals surface area contributed by atoms with Gasteiger partial charge in [-0.3, -0.25) is 10.1 Å². The summed E-state index contributed by atoms with van der Waals surface area (Å²) in [6, 6.07) is 8.12. The van der Waals surface area contributed by atoms with E-state index in [2.05, 4.69) is 20.4 Å². The molecule has 0 saturated heterocycles. The Morgan fingerprint density at radius 1 is 1.30 bits per heavy atom. The standard InChI is InChI=1S/C14H13N7O2/c1-10-6-11(2)20(18-10)14-17-15-9-19(14)16-8-12-4-3-5-13(7-12)21(22)23/h3-9H,1-2H3. The second-order valence-corrected chi connectivity index (χ2v) is 4.91. The maximum absolute atomic E-state index is 10.8. The summed E-state index contributed by atoms with van der Waals surface area (Å²) in [6.07, 6.45) is 2.95. The zero-order chi connectivity index (χ0) is 16.4. The van der Waals surface area contributed by atoms with Crippen LogP contribution in [0.4, 0.5) is 5.69 Å². The first-order valence-electron chi connectivity index (χ1n) is 6.77. The van der Waals surface area contributed by atoms with E-state index in [-0.39, 0.29) is 5.69 Å². The fourth-order valence-corrected chi connectivity index (χ4v) is 2.12. The number of rotatable bonds is 4. The lowest BCUT2D eigenvalue weighted by molar-refractivity contribution is -0.384. The number of nitro benzene ring substituents is 1. The molecule has 0 fully saturated rings. The number of non-ortho nitro benzene ring substituents is 1. The summed E-state index contributed by atoms with van der Waals surface area (Å²) in [4.78, 5) is 10.3. The first-order valence-corrected chi connectivity index (χ1v) is 6.77. The third-order valence-corrected chi connectivity index (χ3v) is 3.12. The Bertz CT molecular complexity index is 894.